The highest BCUT2D eigenvalue weighted by Crippen LogP contribution is 2.31. The van der Waals surface area contributed by atoms with Crippen LogP contribution in [0, 0.1) is 0 Å². The van der Waals surface area contributed by atoms with Crippen LogP contribution in [0.3, 0.4) is 0 Å². The second kappa shape index (κ2) is 7.11. The zero-order chi connectivity index (χ0) is 19.7. The number of carboxylic acid groups (broad SMARTS) is 1. The van der Waals surface area contributed by atoms with Crippen molar-refractivity contribution >= 4 is 34.2 Å². The molecule has 2 aromatic carbocycles. The zero-order valence-corrected chi connectivity index (χ0v) is 15.2. The van der Waals surface area contributed by atoms with Gasteiger partial charge in [0.15, 0.2) is 0 Å². The van der Waals surface area contributed by atoms with Crippen LogP contribution < -0.4 is 10.1 Å². The standard InChI is InChI=1S/C21H19N3O4/c1-28-14-8-6-13(7-9-14)22-21(27)24-11-10-16-15-4-2-3-5-18(15)23-19(16)17(12-24)20(25)26/h2-9,12,23H,10-11H2,1H3,(H,22,27)(H,25,26). The molecular weight excluding hydrogens is 358 g/mol. The number of ether oxygens (including phenoxy) is 1. The van der Waals surface area contributed by atoms with Gasteiger partial charge in [-0.2, -0.15) is 0 Å². The topological polar surface area (TPSA) is 94.7 Å². The maximum atomic E-state index is 12.7. The van der Waals surface area contributed by atoms with Gasteiger partial charge < -0.3 is 20.1 Å². The molecule has 0 fully saturated rings. The van der Waals surface area contributed by atoms with Crippen LogP contribution in [0.4, 0.5) is 10.5 Å². The number of fused-ring (bicyclic) bond motifs is 3. The van der Waals surface area contributed by atoms with Crippen molar-refractivity contribution in [3.63, 3.8) is 0 Å². The predicted octanol–water partition coefficient (Wildman–Crippen LogP) is 3.69. The molecule has 1 aromatic heterocycles. The first-order chi connectivity index (χ1) is 13.6. The molecule has 4 rings (SSSR count). The van der Waals surface area contributed by atoms with Crippen LogP contribution in [-0.4, -0.2) is 40.6 Å². The average Bonchev–Trinajstić information content (AvgIpc) is 2.95. The minimum absolute atomic E-state index is 0.0635. The lowest BCUT2D eigenvalue weighted by Gasteiger charge is -2.18. The average molecular weight is 377 g/mol. The molecule has 0 saturated carbocycles. The number of amides is 2. The Morgan fingerprint density at radius 2 is 1.89 bits per heavy atom. The van der Waals surface area contributed by atoms with Crippen LogP contribution in [0.1, 0.15) is 11.3 Å². The Morgan fingerprint density at radius 1 is 1.14 bits per heavy atom. The predicted molar refractivity (Wildman–Crippen MR) is 106 cm³/mol. The number of anilines is 1. The number of methoxy groups -OCH3 is 1. The molecule has 1 aliphatic heterocycles. The second-order valence-corrected chi connectivity index (χ2v) is 6.47. The summed E-state index contributed by atoms with van der Waals surface area (Å²) in [5.41, 5.74) is 3.01. The smallest absolute Gasteiger partial charge is 0.339 e. The van der Waals surface area contributed by atoms with Crippen molar-refractivity contribution in [3.05, 3.63) is 66.0 Å². The third-order valence-electron chi connectivity index (χ3n) is 4.80. The number of aromatic nitrogens is 1. The fourth-order valence-corrected chi connectivity index (χ4v) is 3.40. The van der Waals surface area contributed by atoms with Gasteiger partial charge in [-0.25, -0.2) is 9.59 Å². The summed E-state index contributed by atoms with van der Waals surface area (Å²) in [5.74, 6) is -0.400. The Hall–Kier alpha value is -3.74. The number of hydrogen-bond donors (Lipinski definition) is 3. The summed E-state index contributed by atoms with van der Waals surface area (Å²) in [6, 6.07) is 14.2. The van der Waals surface area contributed by atoms with Gasteiger partial charge in [-0.3, -0.25) is 4.90 Å². The number of urea groups is 1. The Balaban J connectivity index is 1.64. The molecule has 0 saturated heterocycles. The van der Waals surface area contributed by atoms with E-state index in [9.17, 15) is 14.7 Å². The van der Waals surface area contributed by atoms with Crippen molar-refractivity contribution < 1.29 is 19.4 Å². The number of carbonyl (C=O) groups excluding carboxylic acids is 1. The van der Waals surface area contributed by atoms with E-state index in [0.717, 1.165) is 16.5 Å². The van der Waals surface area contributed by atoms with Gasteiger partial charge in [0.05, 0.1) is 18.4 Å². The number of carboxylic acids is 1. The molecule has 1 aliphatic rings. The summed E-state index contributed by atoms with van der Waals surface area (Å²) in [6.45, 7) is 0.369. The quantitative estimate of drug-likeness (QED) is 0.649. The normalized spacial score (nSPS) is 13.5. The number of benzene rings is 2. The van der Waals surface area contributed by atoms with Gasteiger partial charge in [-0.05, 0) is 42.3 Å². The molecule has 2 heterocycles. The SMILES string of the molecule is COc1ccc(NC(=O)N2C=C(C(=O)O)c3[nH]c4ccccc4c3CC2)cc1. The van der Waals surface area contributed by atoms with Gasteiger partial charge in [0.2, 0.25) is 0 Å². The number of aromatic amines is 1. The third kappa shape index (κ3) is 3.18. The summed E-state index contributed by atoms with van der Waals surface area (Å²) in [4.78, 5) is 29.2. The monoisotopic (exact) mass is 377 g/mol. The van der Waals surface area contributed by atoms with Crippen LogP contribution in [0.5, 0.6) is 5.75 Å². The van der Waals surface area contributed by atoms with Crippen molar-refractivity contribution in [1.82, 2.24) is 9.88 Å². The Morgan fingerprint density at radius 3 is 2.61 bits per heavy atom. The van der Waals surface area contributed by atoms with E-state index in [0.29, 0.717) is 30.1 Å². The van der Waals surface area contributed by atoms with E-state index in [-0.39, 0.29) is 5.57 Å². The van der Waals surface area contributed by atoms with Gasteiger partial charge in [0.1, 0.15) is 5.75 Å². The molecule has 3 N–H and O–H groups in total. The molecule has 2 amide bonds. The molecule has 7 nitrogen and oxygen atoms in total. The summed E-state index contributed by atoms with van der Waals surface area (Å²) < 4.78 is 5.11. The fraction of sp³-hybridized carbons (Fsp3) is 0.143. The van der Waals surface area contributed by atoms with E-state index >= 15 is 0 Å². The molecule has 7 heteroatoms. The Bertz CT molecular complexity index is 1080. The maximum absolute atomic E-state index is 12.7. The Labute approximate surface area is 161 Å². The first-order valence-electron chi connectivity index (χ1n) is 8.83. The number of hydrogen-bond acceptors (Lipinski definition) is 3. The largest absolute Gasteiger partial charge is 0.497 e. The molecule has 142 valence electrons. The number of rotatable bonds is 3. The van der Waals surface area contributed by atoms with E-state index in [4.69, 9.17) is 4.74 Å². The van der Waals surface area contributed by atoms with Crippen LogP contribution in [0.15, 0.2) is 54.7 Å². The van der Waals surface area contributed by atoms with E-state index in [2.05, 4.69) is 10.3 Å². The van der Waals surface area contributed by atoms with Crippen LogP contribution in [0.2, 0.25) is 0 Å². The lowest BCUT2D eigenvalue weighted by atomic mass is 10.0. The highest BCUT2D eigenvalue weighted by molar-refractivity contribution is 6.17. The van der Waals surface area contributed by atoms with Crippen molar-refractivity contribution in [1.29, 1.82) is 0 Å². The van der Waals surface area contributed by atoms with E-state index < -0.39 is 12.0 Å². The van der Waals surface area contributed by atoms with E-state index in [1.807, 2.05) is 24.3 Å². The summed E-state index contributed by atoms with van der Waals surface area (Å²) >= 11 is 0. The molecule has 0 atom stereocenters. The fourth-order valence-electron chi connectivity index (χ4n) is 3.40. The summed E-state index contributed by atoms with van der Waals surface area (Å²) in [6.07, 6.45) is 1.94. The van der Waals surface area contributed by atoms with Gasteiger partial charge in [0.25, 0.3) is 0 Å². The van der Waals surface area contributed by atoms with Crippen molar-refractivity contribution in [3.8, 4) is 5.75 Å². The van der Waals surface area contributed by atoms with Gasteiger partial charge in [0, 0.05) is 29.3 Å². The number of carbonyl (C=O) groups is 2. The number of nitrogens with zero attached hydrogens (tertiary/aromatic N) is 1. The van der Waals surface area contributed by atoms with Gasteiger partial charge in [-0.15, -0.1) is 0 Å². The third-order valence-corrected chi connectivity index (χ3v) is 4.80. The van der Waals surface area contributed by atoms with E-state index in [1.54, 1.807) is 31.4 Å². The van der Waals surface area contributed by atoms with Crippen molar-refractivity contribution in [2.24, 2.45) is 0 Å². The number of aliphatic carboxylic acids is 1. The molecule has 28 heavy (non-hydrogen) atoms. The molecule has 0 radical (unpaired) electrons. The summed E-state index contributed by atoms with van der Waals surface area (Å²) in [7, 11) is 1.57. The number of nitrogens with one attached hydrogen (secondary N) is 2. The molecule has 0 bridgehead atoms. The highest BCUT2D eigenvalue weighted by atomic mass is 16.5. The van der Waals surface area contributed by atoms with Crippen molar-refractivity contribution in [2.45, 2.75) is 6.42 Å². The molecular formula is C21H19N3O4. The lowest BCUT2D eigenvalue weighted by molar-refractivity contribution is -0.130. The summed E-state index contributed by atoms with van der Waals surface area (Å²) in [5, 5.41) is 13.5. The highest BCUT2D eigenvalue weighted by Gasteiger charge is 2.26. The maximum Gasteiger partial charge on any atom is 0.339 e. The van der Waals surface area contributed by atoms with Gasteiger partial charge in [-0.1, -0.05) is 18.2 Å². The van der Waals surface area contributed by atoms with Crippen LogP contribution in [-0.2, 0) is 11.2 Å². The zero-order valence-electron chi connectivity index (χ0n) is 15.2. The number of H-pyrrole nitrogens is 1. The first-order valence-corrected chi connectivity index (χ1v) is 8.83. The van der Waals surface area contributed by atoms with E-state index in [1.165, 1.54) is 11.1 Å². The molecule has 0 unspecified atom stereocenters. The second-order valence-electron chi connectivity index (χ2n) is 6.47. The first kappa shape index (κ1) is 17.7. The minimum Gasteiger partial charge on any atom is -0.497 e. The van der Waals surface area contributed by atoms with Crippen LogP contribution >= 0.6 is 0 Å². The van der Waals surface area contributed by atoms with Gasteiger partial charge >= 0.3 is 12.0 Å². The lowest BCUT2D eigenvalue weighted by Crippen LogP contribution is -2.32. The Kier molecular flexibility index (Phi) is 4.49. The van der Waals surface area contributed by atoms with Crippen molar-refractivity contribution in [2.75, 3.05) is 19.0 Å². The van der Waals surface area contributed by atoms with Crippen LogP contribution in [0.25, 0.3) is 16.5 Å². The molecule has 0 spiro atoms. The molecule has 0 aliphatic carbocycles. The molecule has 3 aromatic rings. The minimum atomic E-state index is -1.09. The number of para-hydroxylation sites is 1.